The number of carboxylic acids is 1. The Morgan fingerprint density at radius 2 is 2.28 bits per heavy atom. The smallest absolute Gasteiger partial charge is 0.303 e. The molecule has 1 aromatic rings. The number of hydrogen-bond acceptors (Lipinski definition) is 3. The highest BCUT2D eigenvalue weighted by molar-refractivity contribution is 6.31. The molecule has 1 heterocycles. The van der Waals surface area contributed by atoms with E-state index in [9.17, 15) is 9.59 Å². The number of carbonyl (C=O) groups excluding carboxylic acids is 1. The van der Waals surface area contributed by atoms with Gasteiger partial charge in [0.15, 0.2) is 6.73 Å². The molecule has 0 spiro atoms. The van der Waals surface area contributed by atoms with Gasteiger partial charge in [0.2, 0.25) is 0 Å². The zero-order valence-corrected chi connectivity index (χ0v) is 10.3. The van der Waals surface area contributed by atoms with E-state index in [4.69, 9.17) is 21.4 Å². The molecule has 0 aromatic heterocycles. The van der Waals surface area contributed by atoms with Gasteiger partial charge in [-0.25, -0.2) is 0 Å². The van der Waals surface area contributed by atoms with E-state index in [1.165, 1.54) is 4.90 Å². The van der Waals surface area contributed by atoms with Crippen LogP contribution in [0.25, 0.3) is 0 Å². The molecule has 1 aliphatic heterocycles. The van der Waals surface area contributed by atoms with E-state index in [-0.39, 0.29) is 19.1 Å². The lowest BCUT2D eigenvalue weighted by Crippen LogP contribution is -2.39. The van der Waals surface area contributed by atoms with Crippen molar-refractivity contribution < 1.29 is 19.4 Å². The Bertz CT molecular complexity index is 489. The van der Waals surface area contributed by atoms with Gasteiger partial charge in [-0.15, -0.1) is 0 Å². The maximum atomic E-state index is 12.1. The van der Waals surface area contributed by atoms with Gasteiger partial charge in [-0.05, 0) is 24.6 Å². The zero-order valence-electron chi connectivity index (χ0n) is 9.56. The molecular formula is C12H12ClNO4. The van der Waals surface area contributed by atoms with Crippen molar-refractivity contribution in [1.82, 2.24) is 4.90 Å². The van der Waals surface area contributed by atoms with Crippen LogP contribution < -0.4 is 4.74 Å². The highest BCUT2D eigenvalue weighted by atomic mass is 35.5. The standard InChI is InChI=1S/C12H12ClNO4/c13-8-3-4-10-9(6-8)12(17)14(7-18-10)5-1-2-11(15)16/h3-4,6H,1-2,5,7H2,(H,15,16). The van der Waals surface area contributed by atoms with Crippen LogP contribution in [0.2, 0.25) is 5.02 Å². The van der Waals surface area contributed by atoms with E-state index in [0.29, 0.717) is 29.3 Å². The fourth-order valence-electron chi connectivity index (χ4n) is 1.76. The monoisotopic (exact) mass is 269 g/mol. The van der Waals surface area contributed by atoms with Gasteiger partial charge in [0, 0.05) is 18.0 Å². The predicted octanol–water partition coefficient (Wildman–Crippen LogP) is 2.00. The number of benzene rings is 1. The summed E-state index contributed by atoms with van der Waals surface area (Å²) in [7, 11) is 0. The molecule has 2 rings (SSSR count). The summed E-state index contributed by atoms with van der Waals surface area (Å²) >= 11 is 5.83. The fourth-order valence-corrected chi connectivity index (χ4v) is 1.93. The molecule has 0 fully saturated rings. The molecule has 0 unspecified atom stereocenters. The van der Waals surface area contributed by atoms with Crippen molar-refractivity contribution in [2.45, 2.75) is 12.8 Å². The molecule has 0 bridgehead atoms. The number of aliphatic carboxylic acids is 1. The van der Waals surface area contributed by atoms with Crippen molar-refractivity contribution >= 4 is 23.5 Å². The molecule has 5 nitrogen and oxygen atoms in total. The molecule has 1 aromatic carbocycles. The van der Waals surface area contributed by atoms with Gasteiger partial charge in [-0.1, -0.05) is 11.6 Å². The third kappa shape index (κ3) is 2.73. The summed E-state index contributed by atoms with van der Waals surface area (Å²) < 4.78 is 5.42. The summed E-state index contributed by atoms with van der Waals surface area (Å²) in [6, 6.07) is 4.88. The minimum atomic E-state index is -0.871. The molecule has 0 atom stereocenters. The Hall–Kier alpha value is -1.75. The number of rotatable bonds is 4. The molecule has 1 aliphatic rings. The minimum Gasteiger partial charge on any atom is -0.481 e. The molecule has 18 heavy (non-hydrogen) atoms. The van der Waals surface area contributed by atoms with Crippen LogP contribution in [-0.2, 0) is 4.79 Å². The van der Waals surface area contributed by atoms with Gasteiger partial charge in [-0.3, -0.25) is 9.59 Å². The Balaban J connectivity index is 2.05. The third-order valence-corrected chi connectivity index (χ3v) is 2.89. The highest BCUT2D eigenvalue weighted by Gasteiger charge is 2.25. The maximum absolute atomic E-state index is 12.1. The SMILES string of the molecule is O=C(O)CCCN1COc2ccc(Cl)cc2C1=O. The topological polar surface area (TPSA) is 66.8 Å². The quantitative estimate of drug-likeness (QED) is 0.908. The second-order valence-corrected chi connectivity index (χ2v) is 4.42. The molecule has 0 aliphatic carbocycles. The molecule has 1 amide bonds. The summed E-state index contributed by atoms with van der Waals surface area (Å²) in [5, 5.41) is 9.02. The fraction of sp³-hybridized carbons (Fsp3) is 0.333. The van der Waals surface area contributed by atoms with Gasteiger partial charge in [-0.2, -0.15) is 0 Å². The van der Waals surface area contributed by atoms with Crippen LogP contribution in [-0.4, -0.2) is 35.2 Å². The number of halogens is 1. The van der Waals surface area contributed by atoms with E-state index >= 15 is 0 Å². The van der Waals surface area contributed by atoms with Crippen LogP contribution in [0.1, 0.15) is 23.2 Å². The Morgan fingerprint density at radius 3 is 3.00 bits per heavy atom. The van der Waals surface area contributed by atoms with E-state index in [0.717, 1.165) is 0 Å². The zero-order chi connectivity index (χ0) is 13.1. The van der Waals surface area contributed by atoms with Crippen LogP contribution in [0.5, 0.6) is 5.75 Å². The first kappa shape index (κ1) is 12.7. The first-order valence-corrected chi connectivity index (χ1v) is 5.89. The van der Waals surface area contributed by atoms with Gasteiger partial charge in [0.25, 0.3) is 5.91 Å². The number of carboxylic acid groups (broad SMARTS) is 1. The third-order valence-electron chi connectivity index (χ3n) is 2.65. The van der Waals surface area contributed by atoms with Crippen LogP contribution in [0.4, 0.5) is 0 Å². The number of hydrogen-bond donors (Lipinski definition) is 1. The second-order valence-electron chi connectivity index (χ2n) is 3.98. The summed E-state index contributed by atoms with van der Waals surface area (Å²) in [6.07, 6.45) is 0.437. The molecule has 6 heteroatoms. The summed E-state index contributed by atoms with van der Waals surface area (Å²) in [5.74, 6) is -0.535. The predicted molar refractivity (Wildman–Crippen MR) is 64.9 cm³/mol. The second kappa shape index (κ2) is 5.27. The average molecular weight is 270 g/mol. The molecule has 96 valence electrons. The molecule has 0 radical (unpaired) electrons. The van der Waals surface area contributed by atoms with Gasteiger partial charge in [0.1, 0.15) is 5.75 Å². The largest absolute Gasteiger partial charge is 0.481 e. The van der Waals surface area contributed by atoms with Crippen molar-refractivity contribution in [2.24, 2.45) is 0 Å². The van der Waals surface area contributed by atoms with Crippen LogP contribution in [0.3, 0.4) is 0 Å². The normalized spacial score (nSPS) is 14.1. The Labute approximate surface area is 109 Å². The van der Waals surface area contributed by atoms with Crippen molar-refractivity contribution in [1.29, 1.82) is 0 Å². The molecular weight excluding hydrogens is 258 g/mol. The highest BCUT2D eigenvalue weighted by Crippen LogP contribution is 2.27. The van der Waals surface area contributed by atoms with E-state index in [1.807, 2.05) is 0 Å². The van der Waals surface area contributed by atoms with E-state index in [1.54, 1.807) is 18.2 Å². The molecule has 0 saturated heterocycles. The first-order valence-electron chi connectivity index (χ1n) is 5.51. The van der Waals surface area contributed by atoms with Crippen molar-refractivity contribution in [3.8, 4) is 5.75 Å². The van der Waals surface area contributed by atoms with Crippen molar-refractivity contribution in [2.75, 3.05) is 13.3 Å². The van der Waals surface area contributed by atoms with Gasteiger partial charge >= 0.3 is 5.97 Å². The van der Waals surface area contributed by atoms with Crippen LogP contribution in [0.15, 0.2) is 18.2 Å². The van der Waals surface area contributed by atoms with Crippen LogP contribution in [0, 0.1) is 0 Å². The number of nitrogens with zero attached hydrogens (tertiary/aromatic N) is 1. The summed E-state index contributed by atoms with van der Waals surface area (Å²) in [4.78, 5) is 24.0. The Morgan fingerprint density at radius 1 is 1.50 bits per heavy atom. The van der Waals surface area contributed by atoms with Gasteiger partial charge in [0.05, 0.1) is 5.56 Å². The minimum absolute atomic E-state index is 0.0339. The average Bonchev–Trinajstić information content (AvgIpc) is 2.32. The number of ether oxygens (including phenoxy) is 1. The van der Waals surface area contributed by atoms with Gasteiger partial charge < -0.3 is 14.7 Å². The summed E-state index contributed by atoms with van der Waals surface area (Å²) in [6.45, 7) is 0.504. The first-order chi connectivity index (χ1) is 8.58. The number of carbonyl (C=O) groups is 2. The summed E-state index contributed by atoms with van der Waals surface area (Å²) in [5.41, 5.74) is 0.420. The lowest BCUT2D eigenvalue weighted by molar-refractivity contribution is -0.137. The van der Waals surface area contributed by atoms with Crippen molar-refractivity contribution in [3.63, 3.8) is 0 Å². The van der Waals surface area contributed by atoms with Crippen molar-refractivity contribution in [3.05, 3.63) is 28.8 Å². The number of amides is 1. The lowest BCUT2D eigenvalue weighted by atomic mass is 10.1. The lowest BCUT2D eigenvalue weighted by Gasteiger charge is -2.28. The van der Waals surface area contributed by atoms with Crippen LogP contribution >= 0.6 is 11.6 Å². The van der Waals surface area contributed by atoms with E-state index in [2.05, 4.69) is 0 Å². The number of fused-ring (bicyclic) bond motifs is 1. The maximum Gasteiger partial charge on any atom is 0.303 e. The molecule has 0 saturated carbocycles. The Kier molecular flexibility index (Phi) is 3.72. The van der Waals surface area contributed by atoms with E-state index < -0.39 is 5.97 Å². The molecule has 1 N–H and O–H groups in total.